The first-order chi connectivity index (χ1) is 19.7. The molecule has 0 saturated heterocycles. The highest BCUT2D eigenvalue weighted by Crippen LogP contribution is 2.41. The highest BCUT2D eigenvalue weighted by Gasteiger charge is 2.39. The van der Waals surface area contributed by atoms with Gasteiger partial charge in [-0.2, -0.15) is 0 Å². The average molecular weight is 594 g/mol. The normalized spacial score (nSPS) is 19.8. The fourth-order valence-corrected chi connectivity index (χ4v) is 8.39. The molecule has 41 heavy (non-hydrogen) atoms. The Kier molecular flexibility index (Phi) is 7.12. The maximum absolute atomic E-state index is 13.5. The van der Waals surface area contributed by atoms with Crippen molar-refractivity contribution in [1.29, 1.82) is 0 Å². The molecule has 1 fully saturated rings. The molecular formula is C28H31N7O4S2. The molecule has 1 saturated carbocycles. The monoisotopic (exact) mass is 593 g/mol. The zero-order chi connectivity index (χ0) is 28.8. The molecule has 0 radical (unpaired) electrons. The van der Waals surface area contributed by atoms with E-state index in [4.69, 9.17) is 0 Å². The third-order valence-electron chi connectivity index (χ3n) is 7.89. The molecule has 1 aliphatic carbocycles. The zero-order valence-electron chi connectivity index (χ0n) is 22.8. The van der Waals surface area contributed by atoms with E-state index < -0.39 is 20.0 Å². The van der Waals surface area contributed by atoms with Crippen LogP contribution in [0.1, 0.15) is 49.2 Å². The summed E-state index contributed by atoms with van der Waals surface area (Å²) in [6, 6.07) is 13.6. The van der Waals surface area contributed by atoms with E-state index in [1.54, 1.807) is 42.6 Å². The van der Waals surface area contributed by atoms with Gasteiger partial charge in [-0.05, 0) is 56.0 Å². The maximum atomic E-state index is 13.5. The number of rotatable bonds is 9. The number of nitrogens with zero attached hydrogens (tertiary/aromatic N) is 6. The highest BCUT2D eigenvalue weighted by molar-refractivity contribution is 7.90. The van der Waals surface area contributed by atoms with Gasteiger partial charge < -0.3 is 0 Å². The number of nitrogens with one attached hydrogen (secondary N) is 1. The summed E-state index contributed by atoms with van der Waals surface area (Å²) >= 11 is 0. The van der Waals surface area contributed by atoms with E-state index >= 15 is 0 Å². The van der Waals surface area contributed by atoms with Crippen LogP contribution in [0.15, 0.2) is 72.0 Å². The molecule has 11 nitrogen and oxygen atoms in total. The molecule has 0 unspecified atom stereocenters. The van der Waals surface area contributed by atoms with Gasteiger partial charge >= 0.3 is 0 Å². The van der Waals surface area contributed by atoms with Gasteiger partial charge in [-0.25, -0.2) is 30.5 Å². The Labute approximate surface area is 238 Å². The van der Waals surface area contributed by atoms with Gasteiger partial charge in [0.1, 0.15) is 5.82 Å². The summed E-state index contributed by atoms with van der Waals surface area (Å²) in [5.74, 6) is 0.749. The Morgan fingerprint density at radius 1 is 0.976 bits per heavy atom. The summed E-state index contributed by atoms with van der Waals surface area (Å²) in [5, 5.41) is 8.83. The van der Waals surface area contributed by atoms with Gasteiger partial charge in [0, 0.05) is 36.5 Å². The van der Waals surface area contributed by atoms with E-state index in [-0.39, 0.29) is 34.2 Å². The fraction of sp³-hybridized carbons (Fsp3) is 0.357. The van der Waals surface area contributed by atoms with Crippen molar-refractivity contribution in [1.82, 2.24) is 33.3 Å². The molecule has 3 atom stereocenters. The smallest absolute Gasteiger partial charge is 0.269 e. The first kappa shape index (κ1) is 27.5. The Morgan fingerprint density at radius 2 is 1.78 bits per heavy atom. The number of sulfonamides is 1. The van der Waals surface area contributed by atoms with E-state index in [1.165, 1.54) is 16.4 Å². The van der Waals surface area contributed by atoms with Gasteiger partial charge in [-0.3, -0.25) is 9.38 Å². The number of pyridine rings is 1. The van der Waals surface area contributed by atoms with E-state index in [1.807, 2.05) is 23.5 Å². The molecule has 4 aromatic heterocycles. The second-order valence-electron chi connectivity index (χ2n) is 10.6. The molecule has 0 aliphatic heterocycles. The van der Waals surface area contributed by atoms with Crippen LogP contribution >= 0.6 is 0 Å². The van der Waals surface area contributed by atoms with Crippen molar-refractivity contribution in [2.45, 2.75) is 56.4 Å². The van der Waals surface area contributed by atoms with E-state index in [9.17, 15) is 16.8 Å². The van der Waals surface area contributed by atoms with Crippen LogP contribution in [0.3, 0.4) is 0 Å². The van der Waals surface area contributed by atoms with Crippen molar-refractivity contribution in [3.05, 3.63) is 84.2 Å². The Balaban J connectivity index is 1.29. The van der Waals surface area contributed by atoms with Gasteiger partial charge in [0.15, 0.2) is 11.3 Å². The lowest BCUT2D eigenvalue weighted by atomic mass is 9.93. The molecule has 1 aliphatic rings. The number of fused-ring (bicyclic) bond motifs is 3. The van der Waals surface area contributed by atoms with Crippen LogP contribution < -0.4 is 4.72 Å². The molecule has 6 rings (SSSR count). The summed E-state index contributed by atoms with van der Waals surface area (Å²) in [6.07, 6.45) is 7.09. The maximum Gasteiger partial charge on any atom is 0.269 e. The van der Waals surface area contributed by atoms with Crippen LogP contribution in [0, 0.1) is 12.8 Å². The third-order valence-corrected chi connectivity index (χ3v) is 11.0. The molecule has 0 amide bonds. The average Bonchev–Trinajstić information content (AvgIpc) is 3.68. The summed E-state index contributed by atoms with van der Waals surface area (Å²) in [5.41, 5.74) is 3.06. The van der Waals surface area contributed by atoms with Crippen LogP contribution in [0.25, 0.3) is 16.8 Å². The summed E-state index contributed by atoms with van der Waals surface area (Å²) < 4.78 is 58.7. The van der Waals surface area contributed by atoms with Crippen LogP contribution in [-0.2, 0) is 26.5 Å². The molecular weight excluding hydrogens is 562 g/mol. The standard InChI is InChI=1S/C28H31N7O4S2/c1-3-20-16-22(33-40(36,37)15-12-21-6-4-5-13-29-21)17-24(20)27-32-31-26-18-30-28-25(35(26)27)11-14-34(28)41(38,39)23-9-7-19(2)8-10-23/h4-11,13-14,18,20,22,24,33H,3,12,15-17H2,1-2H3/t20-,22+,24+/m1/s1. The largest absolute Gasteiger partial charge is 0.274 e. The number of aryl methyl sites for hydroxylation is 2. The number of aromatic nitrogens is 6. The predicted octanol–water partition coefficient (Wildman–Crippen LogP) is 3.45. The molecule has 0 spiro atoms. The van der Waals surface area contributed by atoms with Gasteiger partial charge in [0.25, 0.3) is 10.0 Å². The van der Waals surface area contributed by atoms with Gasteiger partial charge in [-0.15, -0.1) is 10.2 Å². The molecule has 0 bridgehead atoms. The molecule has 1 N–H and O–H groups in total. The third kappa shape index (κ3) is 5.24. The van der Waals surface area contributed by atoms with Gasteiger partial charge in [-0.1, -0.05) is 37.1 Å². The van der Waals surface area contributed by atoms with Gasteiger partial charge in [0.05, 0.1) is 22.4 Å². The molecule has 5 aromatic rings. The Bertz CT molecular complexity index is 1920. The lowest BCUT2D eigenvalue weighted by molar-refractivity contribution is 0.449. The summed E-state index contributed by atoms with van der Waals surface area (Å²) in [7, 11) is -7.39. The molecule has 4 heterocycles. The second kappa shape index (κ2) is 10.6. The zero-order valence-corrected chi connectivity index (χ0v) is 24.4. The Morgan fingerprint density at radius 3 is 2.51 bits per heavy atom. The SMILES string of the molecule is CC[C@@H]1C[C@H](NS(=O)(=O)CCc2ccccn2)C[C@@H]1c1nnc2cnc3c(ccn3S(=O)(=O)c3ccc(C)cc3)n12. The summed E-state index contributed by atoms with van der Waals surface area (Å²) in [4.78, 5) is 8.82. The lowest BCUT2D eigenvalue weighted by Gasteiger charge is -2.16. The topological polar surface area (TPSA) is 141 Å². The van der Waals surface area contributed by atoms with Crippen molar-refractivity contribution in [2.75, 3.05) is 5.75 Å². The van der Waals surface area contributed by atoms with E-state index in [0.29, 0.717) is 36.3 Å². The van der Waals surface area contributed by atoms with Crippen molar-refractivity contribution in [3.63, 3.8) is 0 Å². The van der Waals surface area contributed by atoms with Crippen molar-refractivity contribution in [3.8, 4) is 0 Å². The molecule has 214 valence electrons. The highest BCUT2D eigenvalue weighted by atomic mass is 32.2. The minimum atomic E-state index is -3.87. The fourth-order valence-electron chi connectivity index (χ4n) is 5.80. The van der Waals surface area contributed by atoms with Crippen LogP contribution in [0.4, 0.5) is 0 Å². The first-order valence-electron chi connectivity index (χ1n) is 13.6. The molecule has 13 heteroatoms. The van der Waals surface area contributed by atoms with Crippen LogP contribution in [0.5, 0.6) is 0 Å². The minimum Gasteiger partial charge on any atom is -0.274 e. The summed E-state index contributed by atoms with van der Waals surface area (Å²) in [6.45, 7) is 3.98. The quantitative estimate of drug-likeness (QED) is 0.274. The number of benzene rings is 1. The number of hydrogen-bond donors (Lipinski definition) is 1. The number of hydrogen-bond acceptors (Lipinski definition) is 8. The Hall–Kier alpha value is -3.68. The van der Waals surface area contributed by atoms with Crippen molar-refractivity contribution < 1.29 is 16.8 Å². The van der Waals surface area contributed by atoms with Crippen molar-refractivity contribution >= 4 is 36.9 Å². The molecule has 1 aromatic carbocycles. The minimum absolute atomic E-state index is 0.0366. The lowest BCUT2D eigenvalue weighted by Crippen LogP contribution is -2.35. The predicted molar refractivity (Wildman–Crippen MR) is 154 cm³/mol. The van der Waals surface area contributed by atoms with E-state index in [0.717, 1.165) is 17.7 Å². The first-order valence-corrected chi connectivity index (χ1v) is 16.7. The van der Waals surface area contributed by atoms with Crippen LogP contribution in [0.2, 0.25) is 0 Å². The van der Waals surface area contributed by atoms with Gasteiger partial charge in [0.2, 0.25) is 10.0 Å². The van der Waals surface area contributed by atoms with Crippen LogP contribution in [-0.4, -0.2) is 57.2 Å². The second-order valence-corrected chi connectivity index (χ2v) is 14.3. The van der Waals surface area contributed by atoms with E-state index in [2.05, 4.69) is 31.8 Å². The van der Waals surface area contributed by atoms with Crippen molar-refractivity contribution in [2.24, 2.45) is 5.92 Å².